The zero-order valence-corrected chi connectivity index (χ0v) is 12.4. The normalized spacial score (nSPS) is 10.8. The summed E-state index contributed by atoms with van der Waals surface area (Å²) in [6.45, 7) is 1.92. The minimum Gasteiger partial charge on any atom is -0.384 e. The van der Waals surface area contributed by atoms with Gasteiger partial charge in [0.15, 0.2) is 4.34 Å². The van der Waals surface area contributed by atoms with Gasteiger partial charge in [-0.1, -0.05) is 12.1 Å². The lowest BCUT2D eigenvalue weighted by atomic mass is 10.2. The molecule has 0 atom stereocenters. The second-order valence-corrected chi connectivity index (χ2v) is 6.54. The van der Waals surface area contributed by atoms with Crippen molar-refractivity contribution in [1.82, 2.24) is 9.97 Å². The number of para-hydroxylation sites is 1. The lowest BCUT2D eigenvalue weighted by molar-refractivity contribution is 1.05. The molecule has 1 aromatic carbocycles. The first-order valence-electron chi connectivity index (χ1n) is 5.99. The van der Waals surface area contributed by atoms with Crippen molar-refractivity contribution in [3.63, 3.8) is 0 Å². The summed E-state index contributed by atoms with van der Waals surface area (Å²) in [5.74, 6) is 0.0288. The molecule has 100 valence electrons. The van der Waals surface area contributed by atoms with Crippen LogP contribution in [0, 0.1) is 12.3 Å². The van der Waals surface area contributed by atoms with Crippen LogP contribution in [0.15, 0.2) is 45.8 Å². The standard InChI is InChI=1S/C14H12N4S2/c1-8-6-7-9(12(15)16)13(17-8)20-14-18-10-4-2-3-5-11(10)19-14/h2-7H,1H3,(H3,15,16). The van der Waals surface area contributed by atoms with E-state index in [1.807, 2.05) is 43.3 Å². The summed E-state index contributed by atoms with van der Waals surface area (Å²) in [4.78, 5) is 9.04. The quantitative estimate of drug-likeness (QED) is 0.574. The molecule has 0 aliphatic carbocycles. The van der Waals surface area contributed by atoms with E-state index >= 15 is 0 Å². The van der Waals surface area contributed by atoms with Crippen molar-refractivity contribution in [3.05, 3.63) is 47.7 Å². The van der Waals surface area contributed by atoms with E-state index in [1.165, 1.54) is 11.8 Å². The maximum absolute atomic E-state index is 7.63. The van der Waals surface area contributed by atoms with Gasteiger partial charge in [-0.15, -0.1) is 11.3 Å². The molecule has 3 N–H and O–H groups in total. The maximum Gasteiger partial charge on any atom is 0.157 e. The first kappa shape index (κ1) is 13.1. The first-order chi connectivity index (χ1) is 9.63. The summed E-state index contributed by atoms with van der Waals surface area (Å²) in [5, 5.41) is 8.36. The number of pyridine rings is 1. The number of aromatic nitrogens is 2. The highest BCUT2D eigenvalue weighted by Crippen LogP contribution is 2.34. The minimum atomic E-state index is 0.0288. The fourth-order valence-electron chi connectivity index (χ4n) is 1.79. The van der Waals surface area contributed by atoms with Crippen LogP contribution in [-0.4, -0.2) is 15.8 Å². The Labute approximate surface area is 124 Å². The average molecular weight is 300 g/mol. The van der Waals surface area contributed by atoms with Crippen molar-refractivity contribution in [1.29, 1.82) is 5.41 Å². The van der Waals surface area contributed by atoms with Crippen LogP contribution in [0.5, 0.6) is 0 Å². The van der Waals surface area contributed by atoms with Gasteiger partial charge in [0.05, 0.1) is 10.2 Å². The third-order valence-electron chi connectivity index (χ3n) is 2.75. The Morgan fingerprint density at radius 2 is 2.00 bits per heavy atom. The van der Waals surface area contributed by atoms with Crippen molar-refractivity contribution >= 4 is 39.2 Å². The molecule has 0 radical (unpaired) electrons. The van der Waals surface area contributed by atoms with E-state index < -0.39 is 0 Å². The molecule has 6 heteroatoms. The predicted molar refractivity (Wildman–Crippen MR) is 83.7 cm³/mol. The fourth-order valence-corrected chi connectivity index (χ4v) is 3.95. The van der Waals surface area contributed by atoms with Gasteiger partial charge in [-0.2, -0.15) is 0 Å². The second-order valence-electron chi connectivity index (χ2n) is 4.27. The Kier molecular flexibility index (Phi) is 3.42. The molecule has 3 aromatic rings. The fraction of sp³-hybridized carbons (Fsp3) is 0.0714. The van der Waals surface area contributed by atoms with Gasteiger partial charge in [-0.3, -0.25) is 5.41 Å². The third kappa shape index (κ3) is 2.52. The highest BCUT2D eigenvalue weighted by atomic mass is 32.2. The van der Waals surface area contributed by atoms with Crippen LogP contribution in [-0.2, 0) is 0 Å². The Hall–Kier alpha value is -1.92. The number of rotatable bonds is 3. The highest BCUT2D eigenvalue weighted by molar-refractivity contribution is 8.01. The predicted octanol–water partition coefficient (Wildman–Crippen LogP) is 3.43. The molecule has 4 nitrogen and oxygen atoms in total. The number of hydrogen-bond acceptors (Lipinski definition) is 5. The van der Waals surface area contributed by atoms with Crippen molar-refractivity contribution in [3.8, 4) is 0 Å². The van der Waals surface area contributed by atoms with Gasteiger partial charge in [0.2, 0.25) is 0 Å². The zero-order chi connectivity index (χ0) is 14.1. The summed E-state index contributed by atoms with van der Waals surface area (Å²) >= 11 is 3.08. The molecular weight excluding hydrogens is 288 g/mol. The molecule has 20 heavy (non-hydrogen) atoms. The van der Waals surface area contributed by atoms with E-state index in [-0.39, 0.29) is 5.84 Å². The van der Waals surface area contributed by atoms with E-state index in [1.54, 1.807) is 11.3 Å². The Balaban J connectivity index is 2.01. The van der Waals surface area contributed by atoms with Gasteiger partial charge in [0, 0.05) is 11.3 Å². The summed E-state index contributed by atoms with van der Waals surface area (Å²) in [7, 11) is 0. The number of thiazole rings is 1. The summed E-state index contributed by atoms with van der Waals surface area (Å²) in [5.41, 5.74) is 8.14. The Morgan fingerprint density at radius 1 is 1.20 bits per heavy atom. The van der Waals surface area contributed by atoms with Gasteiger partial charge in [0.1, 0.15) is 10.9 Å². The smallest absolute Gasteiger partial charge is 0.157 e. The molecule has 0 saturated heterocycles. The molecule has 2 heterocycles. The molecule has 0 spiro atoms. The number of nitrogens with two attached hydrogens (primary N) is 1. The SMILES string of the molecule is Cc1ccc(C(=N)N)c(Sc2nc3ccccc3s2)n1. The van der Waals surface area contributed by atoms with Crippen LogP contribution in [0.2, 0.25) is 0 Å². The van der Waals surface area contributed by atoms with E-state index in [9.17, 15) is 0 Å². The first-order valence-corrected chi connectivity index (χ1v) is 7.62. The van der Waals surface area contributed by atoms with Crippen LogP contribution in [0.3, 0.4) is 0 Å². The number of nitrogen functional groups attached to an aromatic ring is 1. The number of benzene rings is 1. The minimum absolute atomic E-state index is 0.0288. The second kappa shape index (κ2) is 5.22. The lowest BCUT2D eigenvalue weighted by Gasteiger charge is -2.05. The Bertz CT molecular complexity index is 762. The summed E-state index contributed by atoms with van der Waals surface area (Å²) in [6, 6.07) is 11.7. The topological polar surface area (TPSA) is 75.7 Å². The molecule has 2 aromatic heterocycles. The number of aryl methyl sites for hydroxylation is 1. The van der Waals surface area contributed by atoms with Gasteiger partial charge >= 0.3 is 0 Å². The third-order valence-corrected chi connectivity index (χ3v) is 4.85. The van der Waals surface area contributed by atoms with Crippen molar-refractivity contribution < 1.29 is 0 Å². The molecule has 0 aliphatic heterocycles. The van der Waals surface area contributed by atoms with Crippen LogP contribution >= 0.6 is 23.1 Å². The molecule has 0 unspecified atom stereocenters. The average Bonchev–Trinajstić information content (AvgIpc) is 2.80. The van der Waals surface area contributed by atoms with Crippen molar-refractivity contribution in [2.75, 3.05) is 0 Å². The van der Waals surface area contributed by atoms with Crippen LogP contribution in [0.25, 0.3) is 10.2 Å². The van der Waals surface area contributed by atoms with Crippen molar-refractivity contribution in [2.45, 2.75) is 16.3 Å². The van der Waals surface area contributed by atoms with Crippen LogP contribution in [0.4, 0.5) is 0 Å². The van der Waals surface area contributed by atoms with E-state index in [0.717, 1.165) is 25.3 Å². The van der Waals surface area contributed by atoms with E-state index in [4.69, 9.17) is 11.1 Å². The number of fused-ring (bicyclic) bond motifs is 1. The molecular formula is C14H12N4S2. The Morgan fingerprint density at radius 3 is 2.75 bits per heavy atom. The lowest BCUT2D eigenvalue weighted by Crippen LogP contribution is -2.13. The molecule has 0 saturated carbocycles. The molecule has 3 rings (SSSR count). The summed E-state index contributed by atoms with van der Waals surface area (Å²) in [6.07, 6.45) is 0. The van der Waals surface area contributed by atoms with E-state index in [2.05, 4.69) is 9.97 Å². The van der Waals surface area contributed by atoms with Crippen molar-refractivity contribution in [2.24, 2.45) is 5.73 Å². The molecule has 0 bridgehead atoms. The number of nitrogens with one attached hydrogen (secondary N) is 1. The zero-order valence-electron chi connectivity index (χ0n) is 10.8. The van der Waals surface area contributed by atoms with Gasteiger partial charge in [0.25, 0.3) is 0 Å². The highest BCUT2D eigenvalue weighted by Gasteiger charge is 2.12. The van der Waals surface area contributed by atoms with Crippen LogP contribution in [0.1, 0.15) is 11.3 Å². The van der Waals surface area contributed by atoms with E-state index in [0.29, 0.717) is 5.56 Å². The van der Waals surface area contributed by atoms with Gasteiger partial charge in [-0.05, 0) is 43.0 Å². The monoisotopic (exact) mass is 300 g/mol. The van der Waals surface area contributed by atoms with Gasteiger partial charge in [-0.25, -0.2) is 9.97 Å². The number of amidine groups is 1. The largest absolute Gasteiger partial charge is 0.384 e. The molecule has 0 aliphatic rings. The number of hydrogen-bond donors (Lipinski definition) is 2. The molecule has 0 amide bonds. The maximum atomic E-state index is 7.63. The van der Waals surface area contributed by atoms with Crippen LogP contribution < -0.4 is 5.73 Å². The van der Waals surface area contributed by atoms with Gasteiger partial charge < -0.3 is 5.73 Å². The number of nitrogens with zero attached hydrogens (tertiary/aromatic N) is 2. The molecule has 0 fully saturated rings. The summed E-state index contributed by atoms with van der Waals surface area (Å²) < 4.78 is 2.05.